The number of hydrogen-bond acceptors (Lipinski definition) is 7. The van der Waals surface area contributed by atoms with Crippen LogP contribution in [-0.2, 0) is 19.1 Å². The second-order valence-electron chi connectivity index (χ2n) is 13.6. The highest BCUT2D eigenvalue weighted by molar-refractivity contribution is 6.01. The summed E-state index contributed by atoms with van der Waals surface area (Å²) in [6.07, 6.45) is 6.67. The number of anilines is 1. The van der Waals surface area contributed by atoms with Crippen LogP contribution in [0.3, 0.4) is 0 Å². The van der Waals surface area contributed by atoms with Crippen molar-refractivity contribution in [2.75, 3.05) is 12.3 Å². The summed E-state index contributed by atoms with van der Waals surface area (Å²) in [6.45, 7) is 4.98. The minimum absolute atomic E-state index is 0.00657. The maximum atomic E-state index is 17.6. The number of aliphatic hydroxyl groups is 2. The van der Waals surface area contributed by atoms with E-state index < -0.39 is 58.9 Å². The van der Waals surface area contributed by atoms with Gasteiger partial charge in [-0.1, -0.05) is 30.7 Å². The van der Waals surface area contributed by atoms with Crippen LogP contribution in [-0.4, -0.2) is 56.4 Å². The Morgan fingerprint density at radius 1 is 1.21 bits per heavy atom. The maximum absolute atomic E-state index is 17.6. The molecule has 2 aromatic rings. The van der Waals surface area contributed by atoms with Crippen molar-refractivity contribution in [2.24, 2.45) is 22.7 Å². The number of nitrogens with two attached hydrogens (primary N) is 1. The SMILES string of the molecule is C[C@@H](c1ccc(N)cc1)n1ccc([C@@H]2O[C@@H]3C[C@H]4[C@@H]5CCC6=CC(=O)C=C[C@]6(C)[C@@]5(F)[C@@H](O)C[C@]4(C)[C@]3(C(=O)CO)O2)c1. The molecule has 9 heteroatoms. The van der Waals surface area contributed by atoms with Crippen LogP contribution in [0.5, 0.6) is 0 Å². The Labute approximate surface area is 250 Å². The summed E-state index contributed by atoms with van der Waals surface area (Å²) in [5, 5.41) is 21.9. The molecular weight excluding hydrogens is 551 g/mol. The molecular formula is C34H39FN2O6. The first kappa shape index (κ1) is 28.6. The molecule has 0 amide bonds. The summed E-state index contributed by atoms with van der Waals surface area (Å²) in [5.74, 6) is -1.62. The van der Waals surface area contributed by atoms with Gasteiger partial charge in [-0.25, -0.2) is 4.39 Å². The number of ketones is 2. The van der Waals surface area contributed by atoms with Gasteiger partial charge in [0.1, 0.15) is 6.61 Å². The number of benzene rings is 1. The van der Waals surface area contributed by atoms with E-state index in [2.05, 4.69) is 6.92 Å². The van der Waals surface area contributed by atoms with Gasteiger partial charge in [-0.3, -0.25) is 9.59 Å². The van der Waals surface area contributed by atoms with Crippen molar-refractivity contribution >= 4 is 17.3 Å². The van der Waals surface area contributed by atoms with Gasteiger partial charge >= 0.3 is 0 Å². The Hall–Kier alpha value is -3.11. The largest absolute Gasteiger partial charge is 0.399 e. The summed E-state index contributed by atoms with van der Waals surface area (Å²) < 4.78 is 32.7. The zero-order valence-electron chi connectivity index (χ0n) is 24.7. The molecule has 8 nitrogen and oxygen atoms in total. The maximum Gasteiger partial charge on any atom is 0.193 e. The number of Topliss-reactive ketones (excluding diaryl/α,β-unsaturated/α-hetero) is 1. The Morgan fingerprint density at radius 2 is 1.95 bits per heavy atom. The van der Waals surface area contributed by atoms with Crippen LogP contribution in [0.2, 0.25) is 0 Å². The number of nitrogens with zero attached hydrogens (tertiary/aromatic N) is 1. The number of ether oxygens (including phenoxy) is 2. The number of allylic oxidation sites excluding steroid dienone is 4. The Morgan fingerprint density at radius 3 is 2.67 bits per heavy atom. The van der Waals surface area contributed by atoms with E-state index in [1.807, 2.05) is 54.2 Å². The number of carbonyl (C=O) groups excluding carboxylic acids is 2. The first-order valence-corrected chi connectivity index (χ1v) is 15.2. The summed E-state index contributed by atoms with van der Waals surface area (Å²) >= 11 is 0. The zero-order chi connectivity index (χ0) is 30.5. The Kier molecular flexibility index (Phi) is 6.29. The van der Waals surface area contributed by atoms with Gasteiger partial charge in [-0.05, 0) is 81.4 Å². The Balaban J connectivity index is 1.22. The monoisotopic (exact) mass is 590 g/mol. The minimum Gasteiger partial charge on any atom is -0.399 e. The van der Waals surface area contributed by atoms with Gasteiger partial charge in [-0.15, -0.1) is 0 Å². The number of aromatic nitrogens is 1. The number of hydrogen-bond donors (Lipinski definition) is 3. The predicted molar refractivity (Wildman–Crippen MR) is 156 cm³/mol. The fourth-order valence-electron chi connectivity index (χ4n) is 9.48. The normalized spacial score (nSPS) is 42.0. The molecule has 228 valence electrons. The van der Waals surface area contributed by atoms with E-state index in [9.17, 15) is 19.8 Å². The first-order chi connectivity index (χ1) is 20.4. The van der Waals surface area contributed by atoms with Crippen LogP contribution >= 0.6 is 0 Å². The predicted octanol–water partition coefficient (Wildman–Crippen LogP) is 4.37. The molecule has 4 N–H and O–H groups in total. The van der Waals surface area contributed by atoms with Crippen LogP contribution in [0.15, 0.2) is 66.5 Å². The van der Waals surface area contributed by atoms with Crippen LogP contribution in [0.4, 0.5) is 10.1 Å². The molecule has 43 heavy (non-hydrogen) atoms. The second-order valence-corrected chi connectivity index (χ2v) is 13.6. The van der Waals surface area contributed by atoms with Crippen molar-refractivity contribution in [2.45, 2.75) is 82.3 Å². The molecule has 0 bridgehead atoms. The summed E-state index contributed by atoms with van der Waals surface area (Å²) in [5.41, 5.74) is 3.36. The minimum atomic E-state index is -2.03. The fraction of sp³-hybridized carbons (Fsp3) is 0.529. The number of rotatable bonds is 5. The highest BCUT2D eigenvalue weighted by atomic mass is 19.1. The summed E-state index contributed by atoms with van der Waals surface area (Å²) in [7, 11) is 0. The molecule has 0 spiro atoms. The topological polar surface area (TPSA) is 124 Å². The highest BCUT2D eigenvalue weighted by Crippen LogP contribution is 2.72. The van der Waals surface area contributed by atoms with Gasteiger partial charge in [0.2, 0.25) is 0 Å². The lowest BCUT2D eigenvalue weighted by molar-refractivity contribution is -0.231. The van der Waals surface area contributed by atoms with Crippen molar-refractivity contribution in [1.29, 1.82) is 0 Å². The molecule has 0 radical (unpaired) electrons. The van der Waals surface area contributed by atoms with Crippen LogP contribution in [0.25, 0.3) is 0 Å². The van der Waals surface area contributed by atoms with Crippen molar-refractivity contribution in [1.82, 2.24) is 4.57 Å². The number of aliphatic hydroxyl groups excluding tert-OH is 2. The molecule has 4 aliphatic carbocycles. The van der Waals surface area contributed by atoms with Crippen molar-refractivity contribution in [3.05, 3.63) is 77.7 Å². The third-order valence-corrected chi connectivity index (χ3v) is 11.8. The van der Waals surface area contributed by atoms with Gasteiger partial charge in [-0.2, -0.15) is 0 Å². The van der Waals surface area contributed by atoms with Crippen LogP contribution in [0.1, 0.15) is 69.9 Å². The standard InChI is InChI=1S/C34H39FN2O6/c1-19(20-4-7-23(36)8-5-20)37-13-11-21(17-37)30-42-29-15-26-25-9-6-22-14-24(39)10-12-31(22,2)33(25,35)27(40)16-32(26,3)34(29,43-30)28(41)18-38/h4-5,7-8,10-14,17,19,25-27,29-30,38,40H,6,9,15-16,18,36H2,1-3H3/t19-,25-,26-,27-,29+,30+,31-,32-,33-,34+/m0/s1. The number of halogens is 1. The fourth-order valence-corrected chi connectivity index (χ4v) is 9.48. The molecule has 1 saturated heterocycles. The van der Waals surface area contributed by atoms with Crippen molar-refractivity contribution in [3.8, 4) is 0 Å². The van der Waals surface area contributed by atoms with E-state index in [1.54, 1.807) is 13.0 Å². The van der Waals surface area contributed by atoms with E-state index in [4.69, 9.17) is 15.2 Å². The van der Waals surface area contributed by atoms with E-state index >= 15 is 4.39 Å². The van der Waals surface area contributed by atoms with Gasteiger partial charge in [0.05, 0.1) is 18.2 Å². The average molecular weight is 591 g/mol. The molecule has 2 heterocycles. The van der Waals surface area contributed by atoms with E-state index in [0.717, 1.165) is 11.1 Å². The molecule has 4 fully saturated rings. The molecule has 0 unspecified atom stereocenters. The van der Waals surface area contributed by atoms with Crippen LogP contribution in [0, 0.1) is 22.7 Å². The number of nitrogen functional groups attached to an aromatic ring is 1. The van der Waals surface area contributed by atoms with Crippen LogP contribution < -0.4 is 5.73 Å². The first-order valence-electron chi connectivity index (χ1n) is 15.2. The summed E-state index contributed by atoms with van der Waals surface area (Å²) in [4.78, 5) is 25.9. The average Bonchev–Trinajstić information content (AvgIpc) is 3.67. The zero-order valence-corrected chi connectivity index (χ0v) is 24.7. The van der Waals surface area contributed by atoms with Gasteiger partial charge in [0.25, 0.3) is 0 Å². The molecule has 10 atom stereocenters. The highest BCUT2D eigenvalue weighted by Gasteiger charge is 2.79. The number of alkyl halides is 1. The molecule has 1 aromatic carbocycles. The smallest absolute Gasteiger partial charge is 0.193 e. The Bertz CT molecular complexity index is 1550. The lowest BCUT2D eigenvalue weighted by Crippen LogP contribution is -2.69. The quantitative estimate of drug-likeness (QED) is 0.442. The van der Waals surface area contributed by atoms with E-state index in [-0.39, 0.29) is 24.2 Å². The molecule has 5 aliphatic rings. The lowest BCUT2D eigenvalue weighted by atomic mass is 9.44. The van der Waals surface area contributed by atoms with Crippen molar-refractivity contribution in [3.63, 3.8) is 0 Å². The molecule has 1 aliphatic heterocycles. The van der Waals surface area contributed by atoms with E-state index in [0.29, 0.717) is 30.5 Å². The van der Waals surface area contributed by atoms with E-state index in [1.165, 1.54) is 12.2 Å². The lowest BCUT2D eigenvalue weighted by Gasteiger charge is -2.62. The molecule has 7 rings (SSSR count). The van der Waals surface area contributed by atoms with Gasteiger partial charge in [0, 0.05) is 40.4 Å². The molecule has 1 aromatic heterocycles. The third kappa shape index (κ3) is 3.62. The number of carbonyl (C=O) groups is 2. The summed E-state index contributed by atoms with van der Waals surface area (Å²) in [6, 6.07) is 9.58. The van der Waals surface area contributed by atoms with Gasteiger partial charge in [0.15, 0.2) is 29.1 Å². The van der Waals surface area contributed by atoms with Crippen molar-refractivity contribution < 1.29 is 33.7 Å². The number of fused-ring (bicyclic) bond motifs is 7. The third-order valence-electron chi connectivity index (χ3n) is 11.8. The molecule has 3 saturated carbocycles. The second kappa shape index (κ2) is 9.44. The van der Waals surface area contributed by atoms with Gasteiger partial charge < -0.3 is 30.0 Å².